The molecule has 2 rings (SSSR count). The zero-order chi connectivity index (χ0) is 17.5. The van der Waals surface area contributed by atoms with E-state index in [4.69, 9.17) is 4.74 Å². The van der Waals surface area contributed by atoms with Crippen LogP contribution in [0.5, 0.6) is 5.75 Å². The molecule has 0 saturated heterocycles. The average Bonchev–Trinajstić information content (AvgIpc) is 2.54. The highest BCUT2D eigenvalue weighted by Gasteiger charge is 2.07. The van der Waals surface area contributed by atoms with Gasteiger partial charge in [0.15, 0.2) is 0 Å². The van der Waals surface area contributed by atoms with Crippen LogP contribution in [0, 0.1) is 0 Å². The molecule has 0 spiro atoms. The number of anilines is 3. The van der Waals surface area contributed by atoms with Gasteiger partial charge in [0.2, 0.25) is 5.91 Å². The minimum atomic E-state index is -0.105. The summed E-state index contributed by atoms with van der Waals surface area (Å²) >= 11 is 0. The molecule has 0 heterocycles. The zero-order valence-corrected chi connectivity index (χ0v) is 14.7. The Balaban J connectivity index is 1.91. The van der Waals surface area contributed by atoms with Crippen LogP contribution in [-0.2, 0) is 4.79 Å². The van der Waals surface area contributed by atoms with E-state index < -0.39 is 0 Å². The van der Waals surface area contributed by atoms with Crippen LogP contribution in [0.4, 0.5) is 17.1 Å². The van der Waals surface area contributed by atoms with Crippen molar-refractivity contribution >= 4 is 23.0 Å². The van der Waals surface area contributed by atoms with Crippen molar-refractivity contribution in [2.24, 2.45) is 0 Å². The van der Waals surface area contributed by atoms with Crippen molar-refractivity contribution in [3.05, 3.63) is 48.5 Å². The Morgan fingerprint density at radius 2 is 1.75 bits per heavy atom. The van der Waals surface area contributed by atoms with Gasteiger partial charge in [-0.1, -0.05) is 12.1 Å². The van der Waals surface area contributed by atoms with Crippen LogP contribution in [0.25, 0.3) is 0 Å². The molecule has 0 saturated carbocycles. The highest BCUT2D eigenvalue weighted by atomic mass is 16.5. The Morgan fingerprint density at radius 3 is 2.38 bits per heavy atom. The van der Waals surface area contributed by atoms with Gasteiger partial charge in [-0.05, 0) is 50.2 Å². The third-order valence-electron chi connectivity index (χ3n) is 3.36. The van der Waals surface area contributed by atoms with Crippen molar-refractivity contribution in [2.75, 3.05) is 36.2 Å². The van der Waals surface area contributed by atoms with Crippen LogP contribution >= 0.6 is 0 Å². The van der Waals surface area contributed by atoms with Crippen molar-refractivity contribution in [2.45, 2.75) is 20.0 Å². The molecule has 1 amide bonds. The average molecular weight is 327 g/mol. The minimum absolute atomic E-state index is 0.0805. The smallest absolute Gasteiger partial charge is 0.243 e. The number of carbonyl (C=O) groups is 1. The number of rotatable bonds is 7. The van der Waals surface area contributed by atoms with Crippen molar-refractivity contribution in [3.63, 3.8) is 0 Å². The second-order valence-corrected chi connectivity index (χ2v) is 6.01. The van der Waals surface area contributed by atoms with Crippen LogP contribution in [0.15, 0.2) is 48.5 Å². The van der Waals surface area contributed by atoms with Crippen LogP contribution < -0.4 is 20.3 Å². The van der Waals surface area contributed by atoms with E-state index in [-0.39, 0.29) is 18.6 Å². The Kier molecular flexibility index (Phi) is 6.07. The maximum Gasteiger partial charge on any atom is 0.243 e. The first-order chi connectivity index (χ1) is 11.5. The van der Waals surface area contributed by atoms with E-state index in [9.17, 15) is 4.79 Å². The summed E-state index contributed by atoms with van der Waals surface area (Å²) in [4.78, 5) is 14.1. The lowest BCUT2D eigenvalue weighted by Crippen LogP contribution is -2.22. The van der Waals surface area contributed by atoms with Crippen molar-refractivity contribution in [3.8, 4) is 5.75 Å². The molecule has 2 aromatic rings. The highest BCUT2D eigenvalue weighted by Crippen LogP contribution is 2.24. The zero-order valence-electron chi connectivity index (χ0n) is 14.7. The molecule has 0 unspecified atom stereocenters. The van der Waals surface area contributed by atoms with Crippen molar-refractivity contribution < 1.29 is 9.53 Å². The Bertz CT molecular complexity index is 667. The topological polar surface area (TPSA) is 53.6 Å². The summed E-state index contributed by atoms with van der Waals surface area (Å²) in [5.74, 6) is 0.641. The fourth-order valence-electron chi connectivity index (χ4n) is 2.19. The van der Waals surface area contributed by atoms with E-state index in [2.05, 4.69) is 10.6 Å². The molecule has 24 heavy (non-hydrogen) atoms. The van der Waals surface area contributed by atoms with Crippen LogP contribution in [0.2, 0.25) is 0 Å². The summed E-state index contributed by atoms with van der Waals surface area (Å²) < 4.78 is 5.73. The summed E-state index contributed by atoms with van der Waals surface area (Å²) in [7, 11) is 3.96. The highest BCUT2D eigenvalue weighted by molar-refractivity contribution is 5.94. The van der Waals surface area contributed by atoms with Gasteiger partial charge in [-0.2, -0.15) is 0 Å². The summed E-state index contributed by atoms with van der Waals surface area (Å²) in [5, 5.41) is 6.00. The van der Waals surface area contributed by atoms with Crippen LogP contribution in [0.1, 0.15) is 13.8 Å². The second kappa shape index (κ2) is 8.24. The maximum atomic E-state index is 12.1. The van der Waals surface area contributed by atoms with Gasteiger partial charge in [-0.3, -0.25) is 4.79 Å². The van der Waals surface area contributed by atoms with Gasteiger partial charge in [-0.15, -0.1) is 0 Å². The lowest BCUT2D eigenvalue weighted by atomic mass is 10.2. The molecule has 2 aromatic carbocycles. The Hall–Kier alpha value is -2.69. The number of hydrogen-bond donors (Lipinski definition) is 2. The van der Waals surface area contributed by atoms with Gasteiger partial charge in [0, 0.05) is 25.5 Å². The van der Waals surface area contributed by atoms with E-state index in [1.165, 1.54) is 0 Å². The third-order valence-corrected chi connectivity index (χ3v) is 3.36. The molecule has 0 aliphatic rings. The number of nitrogens with one attached hydrogen (secondary N) is 2. The molecule has 0 radical (unpaired) electrons. The third kappa shape index (κ3) is 5.19. The van der Waals surface area contributed by atoms with Crippen molar-refractivity contribution in [1.29, 1.82) is 0 Å². The van der Waals surface area contributed by atoms with E-state index in [1.807, 2.05) is 81.4 Å². The fourth-order valence-corrected chi connectivity index (χ4v) is 2.19. The fraction of sp³-hybridized carbons (Fsp3) is 0.316. The van der Waals surface area contributed by atoms with Gasteiger partial charge in [-0.25, -0.2) is 0 Å². The number of hydrogen-bond acceptors (Lipinski definition) is 4. The molecule has 0 atom stereocenters. The molecule has 0 aliphatic carbocycles. The SMILES string of the molecule is CC(C)Oc1ccccc1NCC(=O)Nc1ccc(N(C)C)cc1. The number of para-hydroxylation sites is 2. The monoisotopic (exact) mass is 327 g/mol. The van der Waals surface area contributed by atoms with E-state index in [0.717, 1.165) is 22.8 Å². The summed E-state index contributed by atoms with van der Waals surface area (Å²) in [6.45, 7) is 4.12. The lowest BCUT2D eigenvalue weighted by Gasteiger charge is -2.15. The molecule has 5 heteroatoms. The molecular weight excluding hydrogens is 302 g/mol. The minimum Gasteiger partial charge on any atom is -0.489 e. The lowest BCUT2D eigenvalue weighted by molar-refractivity contribution is -0.114. The van der Waals surface area contributed by atoms with E-state index in [1.54, 1.807) is 0 Å². The van der Waals surface area contributed by atoms with Gasteiger partial charge in [0.25, 0.3) is 0 Å². The molecule has 0 bridgehead atoms. The first kappa shape index (κ1) is 17.7. The van der Waals surface area contributed by atoms with Gasteiger partial charge in [0.1, 0.15) is 5.75 Å². The second-order valence-electron chi connectivity index (χ2n) is 6.01. The van der Waals surface area contributed by atoms with Crippen LogP contribution in [0.3, 0.4) is 0 Å². The molecular formula is C19H25N3O2. The number of nitrogens with zero attached hydrogens (tertiary/aromatic N) is 1. The Morgan fingerprint density at radius 1 is 1.08 bits per heavy atom. The quantitative estimate of drug-likeness (QED) is 0.816. The predicted molar refractivity (Wildman–Crippen MR) is 100 cm³/mol. The first-order valence-corrected chi connectivity index (χ1v) is 8.02. The molecule has 2 N–H and O–H groups in total. The molecule has 128 valence electrons. The number of carbonyl (C=O) groups excluding carboxylic acids is 1. The molecule has 5 nitrogen and oxygen atoms in total. The normalized spacial score (nSPS) is 10.4. The van der Waals surface area contributed by atoms with Crippen molar-refractivity contribution in [1.82, 2.24) is 0 Å². The number of amides is 1. The van der Waals surface area contributed by atoms with Gasteiger partial charge < -0.3 is 20.3 Å². The summed E-state index contributed by atoms with van der Waals surface area (Å²) in [6, 6.07) is 15.3. The number of ether oxygens (including phenoxy) is 1. The number of benzene rings is 2. The first-order valence-electron chi connectivity index (χ1n) is 8.02. The predicted octanol–water partition coefficient (Wildman–Crippen LogP) is 3.59. The standard InChI is InChI=1S/C19H25N3O2/c1-14(2)24-18-8-6-5-7-17(18)20-13-19(23)21-15-9-11-16(12-10-15)22(3)4/h5-12,14,20H,13H2,1-4H3,(H,21,23). The summed E-state index contributed by atoms with van der Waals surface area (Å²) in [5.41, 5.74) is 2.68. The van der Waals surface area contributed by atoms with E-state index in [0.29, 0.717) is 0 Å². The molecule has 0 aliphatic heterocycles. The maximum absolute atomic E-state index is 12.1. The van der Waals surface area contributed by atoms with E-state index >= 15 is 0 Å². The molecule has 0 aromatic heterocycles. The summed E-state index contributed by atoms with van der Waals surface area (Å²) in [6.07, 6.45) is 0.0805. The Labute approximate surface area is 143 Å². The van der Waals surface area contributed by atoms with Gasteiger partial charge in [0.05, 0.1) is 18.3 Å². The largest absolute Gasteiger partial charge is 0.489 e. The van der Waals surface area contributed by atoms with Crippen LogP contribution in [-0.4, -0.2) is 32.7 Å². The molecule has 0 fully saturated rings. The van der Waals surface area contributed by atoms with Gasteiger partial charge >= 0.3 is 0 Å².